The summed E-state index contributed by atoms with van der Waals surface area (Å²) in [5, 5.41) is 0. The molecule has 1 heterocycles. The highest BCUT2D eigenvalue weighted by Gasteiger charge is 2.09. The summed E-state index contributed by atoms with van der Waals surface area (Å²) in [4.78, 5) is 2.57. The lowest BCUT2D eigenvalue weighted by atomic mass is 9.97. The molecule has 0 nitrogen and oxygen atoms in total. The molecule has 1 aliphatic carbocycles. The molecule has 1 heteroatoms. The van der Waals surface area contributed by atoms with Crippen LogP contribution >= 0.6 is 11.3 Å². The highest BCUT2D eigenvalue weighted by atomic mass is 32.1. The van der Waals surface area contributed by atoms with Gasteiger partial charge in [-0.3, -0.25) is 0 Å². The zero-order chi connectivity index (χ0) is 13.0. The molecular formula is C17H18S. The summed E-state index contributed by atoms with van der Waals surface area (Å²) in [7, 11) is 0. The second-order valence-corrected chi connectivity index (χ2v) is 5.55. The highest BCUT2D eigenvalue weighted by Crippen LogP contribution is 2.32. The van der Waals surface area contributed by atoms with E-state index in [4.69, 9.17) is 0 Å². The van der Waals surface area contributed by atoms with Crippen molar-refractivity contribution >= 4 is 22.5 Å². The Labute approximate surface area is 113 Å². The van der Waals surface area contributed by atoms with E-state index in [1.54, 1.807) is 6.08 Å². The molecule has 1 aliphatic rings. The zero-order valence-corrected chi connectivity index (χ0v) is 11.5. The average Bonchev–Trinajstić information content (AvgIpc) is 2.85. The van der Waals surface area contributed by atoms with Gasteiger partial charge in [0.2, 0.25) is 0 Å². The fourth-order valence-corrected chi connectivity index (χ4v) is 3.06. The summed E-state index contributed by atoms with van der Waals surface area (Å²) in [6.45, 7) is 9.85. The van der Waals surface area contributed by atoms with Crippen LogP contribution in [0, 0.1) is 5.92 Å². The Morgan fingerprint density at radius 3 is 2.89 bits per heavy atom. The Morgan fingerprint density at radius 2 is 2.22 bits per heavy atom. The van der Waals surface area contributed by atoms with Crippen LogP contribution < -0.4 is 0 Å². The molecule has 0 spiro atoms. The van der Waals surface area contributed by atoms with E-state index in [1.807, 2.05) is 23.5 Å². The van der Waals surface area contributed by atoms with Crippen LogP contribution in [0.25, 0.3) is 11.1 Å². The molecular weight excluding hydrogens is 236 g/mol. The first kappa shape index (κ1) is 12.8. The maximum atomic E-state index is 3.85. The molecule has 1 aromatic rings. The molecule has 0 N–H and O–H groups in total. The molecule has 0 aromatic carbocycles. The summed E-state index contributed by atoms with van der Waals surface area (Å²) >= 11 is 1.81. The van der Waals surface area contributed by atoms with Crippen molar-refractivity contribution in [2.24, 2.45) is 5.92 Å². The standard InChI is InChI=1S/C17H18S/c1-4-7-14(5-2)16-10-11-17(18-16)15-9-6-8-13(3)12-15/h4-7,9-13H,1-2,8H2,3H3/b14-7+. The number of rotatable bonds is 4. The summed E-state index contributed by atoms with van der Waals surface area (Å²) in [6.07, 6.45) is 13.7. The predicted octanol–water partition coefficient (Wildman–Crippen LogP) is 5.48. The highest BCUT2D eigenvalue weighted by molar-refractivity contribution is 7.14. The first-order chi connectivity index (χ1) is 8.74. The molecule has 0 fully saturated rings. The van der Waals surface area contributed by atoms with E-state index in [0.29, 0.717) is 5.92 Å². The minimum absolute atomic E-state index is 0.637. The Balaban J connectivity index is 2.31. The van der Waals surface area contributed by atoms with Crippen LogP contribution in [0.5, 0.6) is 0 Å². The van der Waals surface area contributed by atoms with E-state index < -0.39 is 0 Å². The Bertz CT molecular complexity index is 538. The van der Waals surface area contributed by atoms with Crippen molar-refractivity contribution in [3.05, 3.63) is 71.5 Å². The first-order valence-corrected chi connectivity index (χ1v) is 7.00. The van der Waals surface area contributed by atoms with Gasteiger partial charge in [-0.1, -0.05) is 56.5 Å². The second kappa shape index (κ2) is 5.83. The summed E-state index contributed by atoms with van der Waals surface area (Å²) < 4.78 is 0. The van der Waals surface area contributed by atoms with Gasteiger partial charge in [-0.25, -0.2) is 0 Å². The van der Waals surface area contributed by atoms with Gasteiger partial charge in [0.15, 0.2) is 0 Å². The fraction of sp³-hybridized carbons (Fsp3) is 0.176. The molecule has 0 amide bonds. The minimum atomic E-state index is 0.637. The third-order valence-electron chi connectivity index (χ3n) is 2.96. The summed E-state index contributed by atoms with van der Waals surface area (Å²) in [6, 6.07) is 4.35. The topological polar surface area (TPSA) is 0 Å². The van der Waals surface area contributed by atoms with Gasteiger partial charge in [-0.15, -0.1) is 11.3 Å². The lowest BCUT2D eigenvalue weighted by Crippen LogP contribution is -1.93. The monoisotopic (exact) mass is 254 g/mol. The quantitative estimate of drug-likeness (QED) is 0.624. The molecule has 2 rings (SSSR count). The van der Waals surface area contributed by atoms with Crippen molar-refractivity contribution in [2.75, 3.05) is 0 Å². The molecule has 18 heavy (non-hydrogen) atoms. The van der Waals surface area contributed by atoms with Crippen molar-refractivity contribution < 1.29 is 0 Å². The van der Waals surface area contributed by atoms with Crippen LogP contribution in [0.2, 0.25) is 0 Å². The lowest BCUT2D eigenvalue weighted by Gasteiger charge is -2.10. The van der Waals surface area contributed by atoms with Crippen molar-refractivity contribution in [3.63, 3.8) is 0 Å². The SMILES string of the molecule is C=C/C=C(\C=C)c1ccc(C2=CC(C)CC=C2)s1. The van der Waals surface area contributed by atoms with Crippen LogP contribution in [0.3, 0.4) is 0 Å². The number of hydrogen-bond donors (Lipinski definition) is 0. The van der Waals surface area contributed by atoms with Gasteiger partial charge < -0.3 is 0 Å². The third-order valence-corrected chi connectivity index (χ3v) is 4.15. The molecule has 92 valence electrons. The molecule has 0 radical (unpaired) electrons. The van der Waals surface area contributed by atoms with Crippen molar-refractivity contribution in [2.45, 2.75) is 13.3 Å². The molecule has 1 unspecified atom stereocenters. The maximum Gasteiger partial charge on any atom is 0.0349 e. The van der Waals surface area contributed by atoms with Gasteiger partial charge in [0, 0.05) is 9.75 Å². The second-order valence-electron chi connectivity index (χ2n) is 4.46. The van der Waals surface area contributed by atoms with Gasteiger partial charge >= 0.3 is 0 Å². The first-order valence-electron chi connectivity index (χ1n) is 6.18. The van der Waals surface area contributed by atoms with Crippen LogP contribution in [0.1, 0.15) is 23.1 Å². The Kier molecular flexibility index (Phi) is 4.16. The van der Waals surface area contributed by atoms with Gasteiger partial charge in [-0.2, -0.15) is 0 Å². The molecule has 1 aromatic heterocycles. The van der Waals surface area contributed by atoms with E-state index in [1.165, 1.54) is 15.3 Å². The van der Waals surface area contributed by atoms with E-state index in [9.17, 15) is 0 Å². The van der Waals surface area contributed by atoms with Crippen LogP contribution in [-0.2, 0) is 0 Å². The smallest absolute Gasteiger partial charge is 0.0349 e. The number of thiophene rings is 1. The average molecular weight is 254 g/mol. The van der Waals surface area contributed by atoms with Gasteiger partial charge in [0.1, 0.15) is 0 Å². The molecule has 1 atom stereocenters. The van der Waals surface area contributed by atoms with Gasteiger partial charge in [0.05, 0.1) is 0 Å². The van der Waals surface area contributed by atoms with Crippen LogP contribution in [-0.4, -0.2) is 0 Å². The fourth-order valence-electron chi connectivity index (χ4n) is 2.03. The van der Waals surface area contributed by atoms with Crippen molar-refractivity contribution in [1.82, 2.24) is 0 Å². The zero-order valence-electron chi connectivity index (χ0n) is 10.7. The van der Waals surface area contributed by atoms with E-state index in [-0.39, 0.29) is 0 Å². The van der Waals surface area contributed by atoms with Gasteiger partial charge in [-0.05, 0) is 35.6 Å². The largest absolute Gasteiger partial charge is 0.135 e. The lowest BCUT2D eigenvalue weighted by molar-refractivity contribution is 0.740. The van der Waals surface area contributed by atoms with Crippen molar-refractivity contribution in [1.29, 1.82) is 0 Å². The predicted molar refractivity (Wildman–Crippen MR) is 83.6 cm³/mol. The van der Waals surface area contributed by atoms with Crippen LogP contribution in [0.4, 0.5) is 0 Å². The minimum Gasteiger partial charge on any atom is -0.135 e. The summed E-state index contributed by atoms with van der Waals surface area (Å²) in [5.41, 5.74) is 2.47. The maximum absolute atomic E-state index is 3.85. The third kappa shape index (κ3) is 2.80. The number of hydrogen-bond acceptors (Lipinski definition) is 1. The van der Waals surface area contributed by atoms with E-state index in [2.05, 4.69) is 50.4 Å². The summed E-state index contributed by atoms with van der Waals surface area (Å²) in [5.74, 6) is 0.637. The molecule has 0 bridgehead atoms. The molecule has 0 saturated heterocycles. The Morgan fingerprint density at radius 1 is 1.39 bits per heavy atom. The number of allylic oxidation sites excluding steroid dienone is 8. The normalized spacial score (nSPS) is 19.5. The van der Waals surface area contributed by atoms with E-state index in [0.717, 1.165) is 12.0 Å². The van der Waals surface area contributed by atoms with Crippen molar-refractivity contribution in [3.8, 4) is 0 Å². The van der Waals surface area contributed by atoms with Gasteiger partial charge in [0.25, 0.3) is 0 Å². The Hall–Kier alpha value is -1.60. The molecule has 0 aliphatic heterocycles. The van der Waals surface area contributed by atoms with E-state index >= 15 is 0 Å². The molecule has 0 saturated carbocycles. The van der Waals surface area contributed by atoms with Crippen LogP contribution in [0.15, 0.2) is 61.7 Å².